The molecule has 0 atom stereocenters. The van der Waals surface area contributed by atoms with Gasteiger partial charge in [0.1, 0.15) is 5.75 Å². The maximum absolute atomic E-state index is 12.6. The molecule has 0 unspecified atom stereocenters. The Morgan fingerprint density at radius 1 is 0.750 bits per heavy atom. The Morgan fingerprint density at radius 2 is 1.33 bits per heavy atom. The molecule has 2 N–H and O–H groups in total. The van der Waals surface area contributed by atoms with Crippen LogP contribution in [0.15, 0.2) is 83.8 Å². The van der Waals surface area contributed by atoms with Crippen molar-refractivity contribution in [2.75, 3.05) is 0 Å². The number of hydrogen-bond acceptors (Lipinski definition) is 7. The highest BCUT2D eigenvalue weighted by atomic mass is 16.5. The number of ether oxygens (including phenoxy) is 1. The number of rotatable bonds is 6. The third kappa shape index (κ3) is 5.71. The standard InChI is InChI=1S/C27H22N4O5/c1-16(2)18-7-9-20(10-8-18)26-30-31-27(36-26)22-6-4-5-21(15-22)25(34)29-28-24(33)19-11-13-23(14-12-19)35-17(3)32/h4-15H,1H2,2-3H3,(H,28,33)(H,29,34). The molecule has 180 valence electrons. The molecule has 0 fully saturated rings. The Bertz CT molecular complexity index is 1440. The summed E-state index contributed by atoms with van der Waals surface area (Å²) in [5.41, 5.74) is 8.56. The molecule has 0 aliphatic heterocycles. The van der Waals surface area contributed by atoms with Gasteiger partial charge >= 0.3 is 5.97 Å². The number of allylic oxidation sites excluding steroid dienone is 1. The van der Waals surface area contributed by atoms with E-state index in [-0.39, 0.29) is 17.0 Å². The van der Waals surface area contributed by atoms with Crippen LogP contribution in [0.4, 0.5) is 0 Å². The third-order valence-electron chi connectivity index (χ3n) is 5.09. The number of esters is 1. The fourth-order valence-corrected chi connectivity index (χ4v) is 3.25. The van der Waals surface area contributed by atoms with Gasteiger partial charge < -0.3 is 9.15 Å². The number of aromatic nitrogens is 2. The first-order valence-electron chi connectivity index (χ1n) is 10.9. The van der Waals surface area contributed by atoms with Gasteiger partial charge in [0.05, 0.1) is 0 Å². The smallest absolute Gasteiger partial charge is 0.308 e. The van der Waals surface area contributed by atoms with Gasteiger partial charge in [-0.25, -0.2) is 0 Å². The van der Waals surface area contributed by atoms with Crippen molar-refractivity contribution >= 4 is 23.4 Å². The average Bonchev–Trinajstić information content (AvgIpc) is 3.38. The van der Waals surface area contributed by atoms with Crippen LogP contribution in [0.2, 0.25) is 0 Å². The second-order valence-electron chi connectivity index (χ2n) is 7.88. The molecule has 0 aliphatic rings. The van der Waals surface area contributed by atoms with Crippen molar-refractivity contribution < 1.29 is 23.5 Å². The summed E-state index contributed by atoms with van der Waals surface area (Å²) in [5, 5.41) is 8.20. The van der Waals surface area contributed by atoms with Gasteiger partial charge in [-0.3, -0.25) is 25.2 Å². The van der Waals surface area contributed by atoms with E-state index in [1.807, 2.05) is 31.2 Å². The molecule has 9 nitrogen and oxygen atoms in total. The van der Waals surface area contributed by atoms with Gasteiger partial charge in [0.15, 0.2) is 0 Å². The molecule has 0 aliphatic carbocycles. The summed E-state index contributed by atoms with van der Waals surface area (Å²) in [4.78, 5) is 35.9. The van der Waals surface area contributed by atoms with Gasteiger partial charge in [-0.2, -0.15) is 0 Å². The SMILES string of the molecule is C=C(C)c1ccc(-c2nnc(-c3cccc(C(=O)NNC(=O)c4ccc(OC(C)=O)cc4)c3)o2)cc1. The van der Waals surface area contributed by atoms with Crippen molar-refractivity contribution in [3.05, 3.63) is 96.1 Å². The molecule has 0 saturated carbocycles. The number of nitrogens with zero attached hydrogens (tertiary/aromatic N) is 2. The van der Waals surface area contributed by atoms with E-state index in [2.05, 4.69) is 27.6 Å². The maximum Gasteiger partial charge on any atom is 0.308 e. The molecule has 36 heavy (non-hydrogen) atoms. The van der Waals surface area contributed by atoms with Gasteiger partial charge in [0.2, 0.25) is 11.8 Å². The quantitative estimate of drug-likeness (QED) is 0.237. The van der Waals surface area contributed by atoms with Crippen LogP contribution in [0.5, 0.6) is 5.75 Å². The molecule has 0 bridgehead atoms. The Labute approximate surface area is 206 Å². The molecular weight excluding hydrogens is 460 g/mol. The minimum absolute atomic E-state index is 0.250. The fourth-order valence-electron chi connectivity index (χ4n) is 3.25. The van der Waals surface area contributed by atoms with Crippen LogP contribution in [0, 0.1) is 0 Å². The van der Waals surface area contributed by atoms with Crippen molar-refractivity contribution in [1.82, 2.24) is 21.0 Å². The zero-order valence-electron chi connectivity index (χ0n) is 19.6. The lowest BCUT2D eigenvalue weighted by Crippen LogP contribution is -2.41. The second kappa shape index (κ2) is 10.5. The van der Waals surface area contributed by atoms with Gasteiger partial charge in [-0.15, -0.1) is 10.2 Å². The molecule has 1 heterocycles. The molecule has 2 amide bonds. The normalized spacial score (nSPS) is 10.4. The topological polar surface area (TPSA) is 123 Å². The summed E-state index contributed by atoms with van der Waals surface area (Å²) in [6.07, 6.45) is 0. The van der Waals surface area contributed by atoms with Crippen LogP contribution in [0.3, 0.4) is 0 Å². The number of carbonyl (C=O) groups excluding carboxylic acids is 3. The van der Waals surface area contributed by atoms with E-state index in [1.54, 1.807) is 24.3 Å². The number of hydrazine groups is 1. The van der Waals surface area contributed by atoms with Crippen molar-refractivity contribution in [3.8, 4) is 28.7 Å². The Balaban J connectivity index is 1.41. The number of nitrogens with one attached hydrogen (secondary N) is 2. The van der Waals surface area contributed by atoms with E-state index in [4.69, 9.17) is 9.15 Å². The fraction of sp³-hybridized carbons (Fsp3) is 0.0741. The largest absolute Gasteiger partial charge is 0.427 e. The Kier molecular flexibility index (Phi) is 7.01. The number of amides is 2. The molecule has 3 aromatic carbocycles. The van der Waals surface area contributed by atoms with Crippen LogP contribution in [-0.2, 0) is 4.79 Å². The van der Waals surface area contributed by atoms with Crippen LogP contribution in [-0.4, -0.2) is 28.0 Å². The van der Waals surface area contributed by atoms with E-state index < -0.39 is 17.8 Å². The van der Waals surface area contributed by atoms with Crippen molar-refractivity contribution in [2.45, 2.75) is 13.8 Å². The number of benzene rings is 3. The molecule has 0 saturated heterocycles. The molecular formula is C27H22N4O5. The van der Waals surface area contributed by atoms with E-state index in [9.17, 15) is 14.4 Å². The first kappa shape index (κ1) is 24.1. The predicted octanol–water partition coefficient (Wildman–Crippen LogP) is 4.44. The third-order valence-corrected chi connectivity index (χ3v) is 5.09. The minimum Gasteiger partial charge on any atom is -0.427 e. The van der Waals surface area contributed by atoms with Crippen molar-refractivity contribution in [2.24, 2.45) is 0 Å². The van der Waals surface area contributed by atoms with Crippen molar-refractivity contribution in [3.63, 3.8) is 0 Å². The molecule has 4 aromatic rings. The zero-order valence-corrected chi connectivity index (χ0v) is 19.6. The van der Waals surface area contributed by atoms with E-state index in [0.717, 1.165) is 16.7 Å². The van der Waals surface area contributed by atoms with E-state index >= 15 is 0 Å². The molecule has 4 rings (SSSR count). The summed E-state index contributed by atoms with van der Waals surface area (Å²) in [7, 11) is 0. The lowest BCUT2D eigenvalue weighted by molar-refractivity contribution is -0.131. The number of hydrogen-bond donors (Lipinski definition) is 2. The average molecular weight is 482 g/mol. The van der Waals surface area contributed by atoms with Gasteiger partial charge in [-0.1, -0.05) is 30.4 Å². The van der Waals surface area contributed by atoms with Crippen molar-refractivity contribution in [1.29, 1.82) is 0 Å². The van der Waals surface area contributed by atoms with E-state index in [0.29, 0.717) is 17.2 Å². The van der Waals surface area contributed by atoms with Gasteiger partial charge in [0, 0.05) is 29.2 Å². The minimum atomic E-state index is -0.534. The molecule has 1 aromatic heterocycles. The molecule has 9 heteroatoms. The summed E-state index contributed by atoms with van der Waals surface area (Å²) in [5.74, 6) is -0.616. The van der Waals surface area contributed by atoms with Gasteiger partial charge in [-0.05, 0) is 67.1 Å². The molecule has 0 spiro atoms. The van der Waals surface area contributed by atoms with E-state index in [1.165, 1.54) is 31.2 Å². The van der Waals surface area contributed by atoms with Crippen LogP contribution in [0.1, 0.15) is 40.1 Å². The second-order valence-corrected chi connectivity index (χ2v) is 7.88. The zero-order chi connectivity index (χ0) is 25.7. The van der Waals surface area contributed by atoms with Crippen LogP contribution >= 0.6 is 0 Å². The Hall–Kier alpha value is -5.05. The molecule has 0 radical (unpaired) electrons. The lowest BCUT2D eigenvalue weighted by Gasteiger charge is -2.08. The van der Waals surface area contributed by atoms with Crippen LogP contribution < -0.4 is 15.6 Å². The first-order chi connectivity index (χ1) is 17.3. The first-order valence-corrected chi connectivity index (χ1v) is 10.9. The highest BCUT2D eigenvalue weighted by molar-refractivity contribution is 5.99. The summed E-state index contributed by atoms with van der Waals surface area (Å²) in [6.45, 7) is 7.13. The number of carbonyl (C=O) groups is 3. The summed E-state index contributed by atoms with van der Waals surface area (Å²) >= 11 is 0. The summed E-state index contributed by atoms with van der Waals surface area (Å²) in [6, 6.07) is 20.1. The monoisotopic (exact) mass is 482 g/mol. The lowest BCUT2D eigenvalue weighted by atomic mass is 10.1. The predicted molar refractivity (Wildman–Crippen MR) is 133 cm³/mol. The highest BCUT2D eigenvalue weighted by Gasteiger charge is 2.14. The summed E-state index contributed by atoms with van der Waals surface area (Å²) < 4.78 is 10.7. The Morgan fingerprint density at radius 3 is 1.94 bits per heavy atom. The van der Waals surface area contributed by atoms with Gasteiger partial charge in [0.25, 0.3) is 11.8 Å². The maximum atomic E-state index is 12.6. The highest BCUT2D eigenvalue weighted by Crippen LogP contribution is 2.25. The van der Waals surface area contributed by atoms with Crippen LogP contribution in [0.25, 0.3) is 28.5 Å².